The lowest BCUT2D eigenvalue weighted by Gasteiger charge is -2.16. The maximum atomic E-state index is 6.10. The minimum atomic E-state index is 0.408. The standard InChI is InChI=1S/C13H19Cl2NO/c1-3-12(9-17-2)16-7-6-10-4-5-11(14)8-13(10)15/h4-5,8,12,16H,3,6-7,9H2,1-2H3. The maximum Gasteiger partial charge on any atom is 0.0615 e. The fraction of sp³-hybridized carbons (Fsp3) is 0.538. The molecule has 4 heteroatoms. The molecule has 0 heterocycles. The second kappa shape index (κ2) is 7.93. The second-order valence-corrected chi connectivity index (χ2v) is 4.84. The molecule has 1 atom stereocenters. The van der Waals surface area contributed by atoms with E-state index in [1.54, 1.807) is 13.2 Å². The van der Waals surface area contributed by atoms with E-state index in [2.05, 4.69) is 12.2 Å². The smallest absolute Gasteiger partial charge is 0.0615 e. The summed E-state index contributed by atoms with van der Waals surface area (Å²) in [6.07, 6.45) is 1.96. The van der Waals surface area contributed by atoms with Gasteiger partial charge >= 0.3 is 0 Å². The maximum absolute atomic E-state index is 6.10. The number of halogens is 2. The molecule has 0 fully saturated rings. The third-order valence-electron chi connectivity index (χ3n) is 2.70. The Hall–Kier alpha value is -0.280. The number of nitrogens with one attached hydrogen (secondary N) is 1. The zero-order valence-corrected chi connectivity index (χ0v) is 11.8. The average Bonchev–Trinajstić information content (AvgIpc) is 2.30. The molecule has 2 nitrogen and oxygen atoms in total. The number of hydrogen-bond acceptors (Lipinski definition) is 2. The summed E-state index contributed by atoms with van der Waals surface area (Å²) in [5.74, 6) is 0. The predicted octanol–water partition coefficient (Wildman–Crippen LogP) is 3.55. The Morgan fingerprint density at radius 1 is 1.35 bits per heavy atom. The van der Waals surface area contributed by atoms with Crippen LogP contribution in [-0.4, -0.2) is 26.3 Å². The molecule has 1 rings (SSSR count). The highest BCUT2D eigenvalue weighted by Gasteiger charge is 2.05. The molecule has 0 saturated heterocycles. The molecular formula is C13H19Cl2NO. The Bertz CT molecular complexity index is 344. The predicted molar refractivity (Wildman–Crippen MR) is 74.1 cm³/mol. The minimum Gasteiger partial charge on any atom is -0.383 e. The van der Waals surface area contributed by atoms with E-state index in [4.69, 9.17) is 27.9 Å². The van der Waals surface area contributed by atoms with Crippen molar-refractivity contribution in [2.24, 2.45) is 0 Å². The van der Waals surface area contributed by atoms with Gasteiger partial charge in [0.25, 0.3) is 0 Å². The summed E-state index contributed by atoms with van der Waals surface area (Å²) in [5, 5.41) is 4.86. The van der Waals surface area contributed by atoms with Crippen molar-refractivity contribution in [3.05, 3.63) is 33.8 Å². The van der Waals surface area contributed by atoms with Crippen LogP contribution in [0.5, 0.6) is 0 Å². The molecule has 0 bridgehead atoms. The van der Waals surface area contributed by atoms with E-state index in [-0.39, 0.29) is 0 Å². The second-order valence-electron chi connectivity index (χ2n) is 4.00. The average molecular weight is 276 g/mol. The van der Waals surface area contributed by atoms with E-state index >= 15 is 0 Å². The lowest BCUT2D eigenvalue weighted by Crippen LogP contribution is -2.34. The fourth-order valence-electron chi connectivity index (χ4n) is 1.66. The first-order valence-electron chi connectivity index (χ1n) is 5.83. The van der Waals surface area contributed by atoms with Crippen LogP contribution in [0.3, 0.4) is 0 Å². The molecule has 1 aromatic carbocycles. The third kappa shape index (κ3) is 5.26. The van der Waals surface area contributed by atoms with E-state index in [0.29, 0.717) is 11.1 Å². The number of rotatable bonds is 7. The first kappa shape index (κ1) is 14.8. The van der Waals surface area contributed by atoms with E-state index < -0.39 is 0 Å². The Kier molecular flexibility index (Phi) is 6.90. The van der Waals surface area contributed by atoms with Crippen LogP contribution >= 0.6 is 23.2 Å². The molecule has 1 aromatic rings. The van der Waals surface area contributed by atoms with Gasteiger partial charge in [-0.05, 0) is 37.1 Å². The molecule has 0 aliphatic carbocycles. The monoisotopic (exact) mass is 275 g/mol. The summed E-state index contributed by atoms with van der Waals surface area (Å²) < 4.78 is 5.13. The molecule has 1 N–H and O–H groups in total. The van der Waals surface area contributed by atoms with Crippen LogP contribution < -0.4 is 5.32 Å². The van der Waals surface area contributed by atoms with Gasteiger partial charge in [-0.1, -0.05) is 36.2 Å². The Balaban J connectivity index is 2.39. The van der Waals surface area contributed by atoms with Crippen molar-refractivity contribution >= 4 is 23.2 Å². The van der Waals surface area contributed by atoms with E-state index in [1.165, 1.54) is 0 Å². The summed E-state index contributed by atoms with van der Waals surface area (Å²) in [7, 11) is 1.72. The largest absolute Gasteiger partial charge is 0.383 e. The fourth-order valence-corrected chi connectivity index (χ4v) is 2.16. The van der Waals surface area contributed by atoms with Crippen LogP contribution in [0, 0.1) is 0 Å². The van der Waals surface area contributed by atoms with Crippen LogP contribution in [0.25, 0.3) is 0 Å². The normalized spacial score (nSPS) is 12.7. The lowest BCUT2D eigenvalue weighted by molar-refractivity contribution is 0.165. The Morgan fingerprint density at radius 3 is 2.71 bits per heavy atom. The van der Waals surface area contributed by atoms with Gasteiger partial charge in [-0.25, -0.2) is 0 Å². The van der Waals surface area contributed by atoms with E-state index in [0.717, 1.165) is 36.6 Å². The Labute approximate surface area is 113 Å². The zero-order valence-electron chi connectivity index (χ0n) is 10.3. The molecule has 0 amide bonds. The minimum absolute atomic E-state index is 0.408. The highest BCUT2D eigenvalue weighted by atomic mass is 35.5. The van der Waals surface area contributed by atoms with Crippen molar-refractivity contribution in [2.75, 3.05) is 20.3 Å². The topological polar surface area (TPSA) is 21.3 Å². The van der Waals surface area contributed by atoms with Gasteiger partial charge in [0, 0.05) is 23.2 Å². The van der Waals surface area contributed by atoms with Gasteiger partial charge in [0.05, 0.1) is 6.61 Å². The first-order valence-corrected chi connectivity index (χ1v) is 6.59. The summed E-state index contributed by atoms with van der Waals surface area (Å²) in [4.78, 5) is 0. The van der Waals surface area contributed by atoms with Crippen molar-refractivity contribution in [1.29, 1.82) is 0 Å². The molecule has 17 heavy (non-hydrogen) atoms. The van der Waals surface area contributed by atoms with Gasteiger partial charge in [-0.3, -0.25) is 0 Å². The quantitative estimate of drug-likeness (QED) is 0.822. The summed E-state index contributed by atoms with van der Waals surface area (Å²) in [6, 6.07) is 6.04. The third-order valence-corrected chi connectivity index (χ3v) is 3.29. The summed E-state index contributed by atoms with van der Waals surface area (Å²) in [5.41, 5.74) is 1.12. The van der Waals surface area contributed by atoms with Crippen LogP contribution in [0.4, 0.5) is 0 Å². The molecule has 0 aliphatic heterocycles. The number of benzene rings is 1. The molecular weight excluding hydrogens is 257 g/mol. The van der Waals surface area contributed by atoms with Crippen LogP contribution in [-0.2, 0) is 11.2 Å². The van der Waals surface area contributed by atoms with Gasteiger partial charge in [0.15, 0.2) is 0 Å². The van der Waals surface area contributed by atoms with Gasteiger partial charge in [0.1, 0.15) is 0 Å². The van der Waals surface area contributed by atoms with Crippen LogP contribution in [0.2, 0.25) is 10.0 Å². The van der Waals surface area contributed by atoms with E-state index in [1.807, 2.05) is 12.1 Å². The van der Waals surface area contributed by atoms with Crippen molar-refractivity contribution in [1.82, 2.24) is 5.32 Å². The molecule has 96 valence electrons. The van der Waals surface area contributed by atoms with Gasteiger partial charge in [-0.2, -0.15) is 0 Å². The summed E-state index contributed by atoms with van der Waals surface area (Å²) in [6.45, 7) is 3.78. The van der Waals surface area contributed by atoms with Crippen LogP contribution in [0.15, 0.2) is 18.2 Å². The summed E-state index contributed by atoms with van der Waals surface area (Å²) >= 11 is 12.0. The molecule has 0 saturated carbocycles. The van der Waals surface area contributed by atoms with Gasteiger partial charge in [0.2, 0.25) is 0 Å². The van der Waals surface area contributed by atoms with Crippen molar-refractivity contribution in [3.8, 4) is 0 Å². The lowest BCUT2D eigenvalue weighted by atomic mass is 10.1. The highest BCUT2D eigenvalue weighted by Crippen LogP contribution is 2.21. The Morgan fingerprint density at radius 2 is 2.12 bits per heavy atom. The van der Waals surface area contributed by atoms with E-state index in [9.17, 15) is 0 Å². The van der Waals surface area contributed by atoms with Gasteiger partial charge in [-0.15, -0.1) is 0 Å². The SMILES string of the molecule is CCC(COC)NCCc1ccc(Cl)cc1Cl. The molecule has 0 spiro atoms. The first-order chi connectivity index (χ1) is 8.17. The molecule has 0 aromatic heterocycles. The molecule has 0 radical (unpaired) electrons. The molecule has 0 aliphatic rings. The zero-order chi connectivity index (χ0) is 12.7. The number of hydrogen-bond donors (Lipinski definition) is 1. The van der Waals surface area contributed by atoms with Gasteiger partial charge < -0.3 is 10.1 Å². The number of methoxy groups -OCH3 is 1. The number of ether oxygens (including phenoxy) is 1. The highest BCUT2D eigenvalue weighted by molar-refractivity contribution is 6.35. The molecule has 1 unspecified atom stereocenters. The van der Waals surface area contributed by atoms with Crippen LogP contribution in [0.1, 0.15) is 18.9 Å². The van der Waals surface area contributed by atoms with Crippen molar-refractivity contribution < 1.29 is 4.74 Å². The van der Waals surface area contributed by atoms with Crippen molar-refractivity contribution in [3.63, 3.8) is 0 Å². The van der Waals surface area contributed by atoms with Crippen molar-refractivity contribution in [2.45, 2.75) is 25.8 Å².